The topological polar surface area (TPSA) is 173 Å². The van der Waals surface area contributed by atoms with Gasteiger partial charge in [-0.3, -0.25) is 19.1 Å². The first-order valence-electron chi connectivity index (χ1n) is 10.2. The number of aromatic nitrogens is 2. The fraction of sp³-hybridized carbons (Fsp3) is 0.250. The molecule has 0 bridgehead atoms. The van der Waals surface area contributed by atoms with E-state index in [1.165, 1.54) is 16.8 Å². The summed E-state index contributed by atoms with van der Waals surface area (Å²) >= 11 is 0. The van der Waals surface area contributed by atoms with E-state index in [0.717, 1.165) is 22.9 Å². The van der Waals surface area contributed by atoms with Crippen molar-refractivity contribution in [2.24, 2.45) is 0 Å². The molecule has 0 spiro atoms. The summed E-state index contributed by atoms with van der Waals surface area (Å²) in [5.74, 6) is 0.676. The van der Waals surface area contributed by atoms with Gasteiger partial charge in [0.2, 0.25) is 10.0 Å². The minimum absolute atomic E-state index is 0. The monoisotopic (exact) mass is 544 g/mol. The van der Waals surface area contributed by atoms with Gasteiger partial charge in [0.1, 0.15) is 5.75 Å². The fourth-order valence-corrected chi connectivity index (χ4v) is 3.93. The molecule has 1 heterocycles. The maximum Gasteiger partial charge on any atom is 0.332 e. The average molecular weight is 545 g/mol. The number of benzene rings is 2. The normalized spacial score (nSPS) is 11.1. The van der Waals surface area contributed by atoms with Crippen LogP contribution in [0.1, 0.15) is 37.5 Å². The fourth-order valence-electron chi connectivity index (χ4n) is 3.37. The van der Waals surface area contributed by atoms with Gasteiger partial charge in [-0.1, -0.05) is 45.1 Å². The Hall–Kier alpha value is -2.03. The number of sulfonamides is 1. The third kappa shape index (κ3) is 8.82. The summed E-state index contributed by atoms with van der Waals surface area (Å²) in [6.45, 7) is 6.14. The van der Waals surface area contributed by atoms with E-state index < -0.39 is 21.3 Å². The van der Waals surface area contributed by atoms with Crippen molar-refractivity contribution in [2.45, 2.75) is 26.2 Å². The smallest absolute Gasteiger partial charge is 0.332 e. The van der Waals surface area contributed by atoms with Crippen LogP contribution in [0.4, 0.5) is 5.69 Å². The minimum Gasteiger partial charge on any atom is -0.496 e. The van der Waals surface area contributed by atoms with Crippen LogP contribution < -0.4 is 20.7 Å². The van der Waals surface area contributed by atoms with Crippen molar-refractivity contribution >= 4 is 79.2 Å². The van der Waals surface area contributed by atoms with Crippen LogP contribution in [0.2, 0.25) is 0 Å². The zero-order chi connectivity index (χ0) is 24.4. The van der Waals surface area contributed by atoms with E-state index in [1.54, 1.807) is 31.4 Å². The molecule has 0 aliphatic rings. The van der Waals surface area contributed by atoms with Gasteiger partial charge >= 0.3 is 5.69 Å². The predicted octanol–water partition coefficient (Wildman–Crippen LogP) is 1.34. The quantitative estimate of drug-likeness (QED) is 0.351. The van der Waals surface area contributed by atoms with E-state index in [0.29, 0.717) is 17.1 Å². The summed E-state index contributed by atoms with van der Waals surface area (Å²) < 4.78 is 32.3. The van der Waals surface area contributed by atoms with Crippen LogP contribution in [0.15, 0.2) is 58.3 Å². The number of hydrogen-bond donors (Lipinski definition) is 2. The molecule has 0 fully saturated rings. The summed E-state index contributed by atoms with van der Waals surface area (Å²) in [4.78, 5) is 26.2. The number of aromatic amines is 1. The van der Waals surface area contributed by atoms with Crippen molar-refractivity contribution in [3.63, 3.8) is 0 Å². The molecular formula is C24H31KN3O7S. The second-order valence-corrected chi connectivity index (χ2v) is 10.4. The molecule has 0 saturated carbocycles. The molecule has 0 saturated heterocycles. The van der Waals surface area contributed by atoms with E-state index in [1.807, 2.05) is 45.1 Å². The second kappa shape index (κ2) is 13.5. The van der Waals surface area contributed by atoms with Gasteiger partial charge in [-0.15, -0.1) is 0 Å². The van der Waals surface area contributed by atoms with Gasteiger partial charge in [0.15, 0.2) is 0 Å². The molecule has 0 atom stereocenters. The largest absolute Gasteiger partial charge is 0.496 e. The Kier molecular flexibility index (Phi) is 12.7. The molecule has 2 aromatic carbocycles. The number of hydrogen-bond acceptors (Lipinski definition) is 5. The summed E-state index contributed by atoms with van der Waals surface area (Å²) in [5, 5.41) is 0. The summed E-state index contributed by atoms with van der Waals surface area (Å²) in [5.41, 5.74) is 2.28. The maximum atomic E-state index is 12.4. The van der Waals surface area contributed by atoms with Crippen molar-refractivity contribution in [3.05, 3.63) is 86.2 Å². The van der Waals surface area contributed by atoms with Gasteiger partial charge in [-0.25, -0.2) is 13.2 Å². The molecule has 0 aliphatic heterocycles. The Balaban J connectivity index is 0.00000408. The SMILES string of the molecule is COc1c(/C=C/c2ccc(NS(C)(=O)=O)cc2)cc(-n2ccc(=O)[nH]c2=O)cc1C(C)(C)C.O.O.[K]. The van der Waals surface area contributed by atoms with E-state index in [4.69, 9.17) is 4.74 Å². The van der Waals surface area contributed by atoms with Crippen LogP contribution in [0, 0.1) is 0 Å². The third-order valence-electron chi connectivity index (χ3n) is 4.89. The number of methoxy groups -OCH3 is 1. The van der Waals surface area contributed by atoms with E-state index >= 15 is 0 Å². The second-order valence-electron chi connectivity index (χ2n) is 8.68. The van der Waals surface area contributed by atoms with Crippen LogP contribution in [0.25, 0.3) is 17.8 Å². The predicted molar refractivity (Wildman–Crippen MR) is 145 cm³/mol. The van der Waals surface area contributed by atoms with E-state index in [2.05, 4.69) is 9.71 Å². The Labute approximate surface area is 252 Å². The van der Waals surface area contributed by atoms with Crippen molar-refractivity contribution in [1.29, 1.82) is 0 Å². The van der Waals surface area contributed by atoms with Crippen molar-refractivity contribution in [1.82, 2.24) is 9.55 Å². The average Bonchev–Trinajstić information content (AvgIpc) is 2.71. The van der Waals surface area contributed by atoms with Gasteiger partial charge in [0.25, 0.3) is 5.56 Å². The van der Waals surface area contributed by atoms with Crippen LogP contribution in [-0.2, 0) is 15.4 Å². The number of ether oxygens (including phenoxy) is 1. The molecule has 12 heteroatoms. The molecule has 1 aromatic heterocycles. The van der Waals surface area contributed by atoms with Crippen molar-refractivity contribution < 1.29 is 24.1 Å². The summed E-state index contributed by atoms with van der Waals surface area (Å²) in [6.07, 6.45) is 6.28. The third-order valence-corrected chi connectivity index (χ3v) is 5.49. The Morgan fingerprint density at radius 2 is 1.61 bits per heavy atom. The molecule has 36 heavy (non-hydrogen) atoms. The van der Waals surface area contributed by atoms with Crippen LogP contribution in [-0.4, -0.2) is 93.7 Å². The zero-order valence-electron chi connectivity index (χ0n) is 21.2. The number of nitrogens with zero attached hydrogens (tertiary/aromatic N) is 1. The molecule has 1 radical (unpaired) electrons. The molecule has 10 nitrogen and oxygen atoms in total. The standard InChI is InChI=1S/C24H27N3O5S.K.2H2O/c1-24(2,3)20-15-19(27-13-12-21(28)25-23(27)29)14-17(22(20)32-4)9-6-16-7-10-18(11-8-16)26-33(5,30)31;;;/h6-15,26H,1-5H3,(H,25,28,29);;2*1H2/b9-6+;;;. The van der Waals surface area contributed by atoms with Gasteiger partial charge in [0, 0.05) is 80.5 Å². The molecule has 3 aromatic rings. The first-order chi connectivity index (χ1) is 15.4. The minimum atomic E-state index is -3.34. The summed E-state index contributed by atoms with van der Waals surface area (Å²) in [7, 11) is -1.75. The number of rotatable bonds is 6. The molecule has 6 N–H and O–H groups in total. The van der Waals surface area contributed by atoms with Gasteiger partial charge in [-0.2, -0.15) is 0 Å². The molecule has 191 valence electrons. The number of anilines is 1. The van der Waals surface area contributed by atoms with Gasteiger partial charge in [-0.05, 0) is 35.2 Å². The summed E-state index contributed by atoms with van der Waals surface area (Å²) in [6, 6.07) is 11.9. The van der Waals surface area contributed by atoms with Crippen LogP contribution in [0.3, 0.4) is 0 Å². The first-order valence-corrected chi connectivity index (χ1v) is 12.1. The molecule has 3 rings (SSSR count). The molecule has 0 aliphatic carbocycles. The number of nitrogens with one attached hydrogen (secondary N) is 2. The molecule has 0 unspecified atom stereocenters. The maximum absolute atomic E-state index is 12.4. The molecule has 0 amide bonds. The zero-order valence-corrected chi connectivity index (χ0v) is 25.1. The van der Waals surface area contributed by atoms with E-state index in [-0.39, 0.29) is 67.8 Å². The van der Waals surface area contributed by atoms with Gasteiger partial charge < -0.3 is 15.7 Å². The van der Waals surface area contributed by atoms with E-state index in [9.17, 15) is 18.0 Å². The Morgan fingerprint density at radius 3 is 2.11 bits per heavy atom. The number of H-pyrrole nitrogens is 1. The molecular weight excluding hydrogens is 513 g/mol. The van der Waals surface area contributed by atoms with Gasteiger partial charge in [0.05, 0.1) is 19.1 Å². The Bertz CT molecular complexity index is 1420. The van der Waals surface area contributed by atoms with Crippen LogP contribution in [0.5, 0.6) is 5.75 Å². The Morgan fingerprint density at radius 1 is 1.00 bits per heavy atom. The first kappa shape index (κ1) is 34.0. The van der Waals surface area contributed by atoms with Crippen molar-refractivity contribution in [2.75, 3.05) is 18.1 Å². The van der Waals surface area contributed by atoms with Crippen LogP contribution >= 0.6 is 0 Å². The van der Waals surface area contributed by atoms with Crippen molar-refractivity contribution in [3.8, 4) is 11.4 Å².